The summed E-state index contributed by atoms with van der Waals surface area (Å²) < 4.78 is 56.4. The maximum Gasteiger partial charge on any atom is 0.416 e. The predicted octanol–water partition coefficient (Wildman–Crippen LogP) is 5.09. The minimum atomic E-state index is -4.45. The summed E-state index contributed by atoms with van der Waals surface area (Å²) in [6.07, 6.45) is -3.19. The van der Waals surface area contributed by atoms with Crippen molar-refractivity contribution in [3.05, 3.63) is 77.2 Å². The van der Waals surface area contributed by atoms with Gasteiger partial charge in [0.15, 0.2) is 5.82 Å². The Bertz CT molecular complexity index is 1020. The van der Waals surface area contributed by atoms with Crippen molar-refractivity contribution in [2.24, 2.45) is 0 Å². The lowest BCUT2D eigenvalue weighted by Gasteiger charge is -2.12. The molecule has 0 atom stereocenters. The summed E-state index contributed by atoms with van der Waals surface area (Å²) in [5.41, 5.74) is 0.378. The minimum Gasteiger partial charge on any atom is -0.462 e. The molecule has 1 N–H and O–H groups in total. The van der Waals surface area contributed by atoms with E-state index in [4.69, 9.17) is 4.74 Å². The van der Waals surface area contributed by atoms with Gasteiger partial charge in [-0.25, -0.2) is 19.2 Å². The van der Waals surface area contributed by atoms with Crippen molar-refractivity contribution in [2.45, 2.75) is 19.6 Å². The molecule has 0 radical (unpaired) electrons. The molecule has 0 amide bonds. The molecule has 9 heteroatoms. The van der Waals surface area contributed by atoms with Gasteiger partial charge in [-0.15, -0.1) is 0 Å². The van der Waals surface area contributed by atoms with Crippen molar-refractivity contribution < 1.29 is 27.1 Å². The first-order chi connectivity index (χ1) is 14.3. The van der Waals surface area contributed by atoms with E-state index in [9.17, 15) is 22.4 Å². The van der Waals surface area contributed by atoms with Gasteiger partial charge in [-0.1, -0.05) is 24.3 Å². The molecular formula is C21H17F4N3O2. The smallest absolute Gasteiger partial charge is 0.416 e. The maximum atomic E-state index is 13.1. The Morgan fingerprint density at radius 2 is 1.73 bits per heavy atom. The Kier molecular flexibility index (Phi) is 6.29. The fourth-order valence-electron chi connectivity index (χ4n) is 2.61. The summed E-state index contributed by atoms with van der Waals surface area (Å²) in [5, 5.41) is 2.98. The van der Waals surface area contributed by atoms with Crippen LogP contribution >= 0.6 is 0 Å². The number of alkyl halides is 3. The van der Waals surface area contributed by atoms with Crippen LogP contribution in [-0.2, 0) is 17.5 Å². The monoisotopic (exact) mass is 419 g/mol. The molecule has 0 fully saturated rings. The Morgan fingerprint density at radius 1 is 1.07 bits per heavy atom. The first kappa shape index (κ1) is 21.2. The summed E-state index contributed by atoms with van der Waals surface area (Å²) >= 11 is 0. The Hall–Kier alpha value is -3.49. The molecule has 0 bridgehead atoms. The fourth-order valence-corrected chi connectivity index (χ4v) is 2.61. The Labute approximate surface area is 169 Å². The molecule has 0 saturated carbocycles. The number of hydrogen-bond donors (Lipinski definition) is 1. The molecule has 3 aromatic rings. The van der Waals surface area contributed by atoms with E-state index in [1.165, 1.54) is 30.5 Å². The number of carbonyl (C=O) groups excluding carboxylic acids is 1. The molecule has 1 heterocycles. The van der Waals surface area contributed by atoms with Crippen LogP contribution in [0.5, 0.6) is 0 Å². The van der Waals surface area contributed by atoms with Crippen LogP contribution in [0.2, 0.25) is 0 Å². The summed E-state index contributed by atoms with van der Waals surface area (Å²) in [6, 6.07) is 10.1. The van der Waals surface area contributed by atoms with Crippen molar-refractivity contribution in [3.63, 3.8) is 0 Å². The van der Waals surface area contributed by atoms with E-state index in [1.54, 1.807) is 19.1 Å². The molecule has 2 aromatic carbocycles. The second-order valence-electron chi connectivity index (χ2n) is 6.23. The van der Waals surface area contributed by atoms with Gasteiger partial charge in [-0.2, -0.15) is 13.2 Å². The molecule has 0 aliphatic heterocycles. The molecule has 0 aliphatic rings. The average Bonchev–Trinajstić information content (AvgIpc) is 2.73. The number of ether oxygens (including phenoxy) is 1. The molecular weight excluding hydrogens is 402 g/mol. The Morgan fingerprint density at radius 3 is 2.33 bits per heavy atom. The van der Waals surface area contributed by atoms with Crippen LogP contribution in [0.3, 0.4) is 0 Å². The lowest BCUT2D eigenvalue weighted by molar-refractivity contribution is -0.137. The number of aromatic nitrogens is 2. The van der Waals surface area contributed by atoms with Gasteiger partial charge >= 0.3 is 12.1 Å². The zero-order valence-corrected chi connectivity index (χ0v) is 15.8. The third kappa shape index (κ3) is 5.11. The van der Waals surface area contributed by atoms with Crippen LogP contribution in [0.15, 0.2) is 54.7 Å². The highest BCUT2D eigenvalue weighted by molar-refractivity contribution is 5.94. The van der Waals surface area contributed by atoms with Crippen molar-refractivity contribution >= 4 is 11.8 Å². The molecule has 0 aliphatic carbocycles. The third-order valence-corrected chi connectivity index (χ3v) is 4.13. The lowest BCUT2D eigenvalue weighted by atomic mass is 10.1. The number of benzene rings is 2. The SMILES string of the molecule is CCOC(=O)c1cnc(-c2ccc(C(F)(F)F)cc2)nc1NCc1ccc(F)cc1. The highest BCUT2D eigenvalue weighted by atomic mass is 19.4. The lowest BCUT2D eigenvalue weighted by Crippen LogP contribution is -2.13. The molecule has 5 nitrogen and oxygen atoms in total. The Balaban J connectivity index is 1.91. The predicted molar refractivity (Wildman–Crippen MR) is 102 cm³/mol. The van der Waals surface area contributed by atoms with Crippen molar-refractivity contribution in [1.29, 1.82) is 0 Å². The van der Waals surface area contributed by atoms with E-state index in [0.717, 1.165) is 17.7 Å². The summed E-state index contributed by atoms with van der Waals surface area (Å²) in [6.45, 7) is 2.04. The topological polar surface area (TPSA) is 64.1 Å². The number of hydrogen-bond acceptors (Lipinski definition) is 5. The highest BCUT2D eigenvalue weighted by Gasteiger charge is 2.30. The van der Waals surface area contributed by atoms with E-state index in [0.29, 0.717) is 5.56 Å². The second-order valence-corrected chi connectivity index (χ2v) is 6.23. The van der Waals surface area contributed by atoms with E-state index >= 15 is 0 Å². The molecule has 3 rings (SSSR count). The number of nitrogens with zero attached hydrogens (tertiary/aromatic N) is 2. The van der Waals surface area contributed by atoms with E-state index < -0.39 is 17.7 Å². The minimum absolute atomic E-state index is 0.0784. The molecule has 30 heavy (non-hydrogen) atoms. The van der Waals surface area contributed by atoms with Gasteiger partial charge in [-0.3, -0.25) is 0 Å². The van der Waals surface area contributed by atoms with Gasteiger partial charge in [0.1, 0.15) is 17.2 Å². The first-order valence-electron chi connectivity index (χ1n) is 8.98. The molecule has 0 spiro atoms. The van der Waals surface area contributed by atoms with Crippen LogP contribution in [0.25, 0.3) is 11.4 Å². The van der Waals surface area contributed by atoms with E-state index in [2.05, 4.69) is 15.3 Å². The number of esters is 1. The standard InChI is InChI=1S/C21H17F4N3O2/c1-2-30-20(29)17-12-27-18(14-5-7-15(8-6-14)21(23,24)25)28-19(17)26-11-13-3-9-16(22)10-4-13/h3-10,12H,2,11H2,1H3,(H,26,27,28). The van der Waals surface area contributed by atoms with Crippen molar-refractivity contribution in [1.82, 2.24) is 9.97 Å². The van der Waals surface area contributed by atoms with Gasteiger partial charge in [-0.05, 0) is 36.8 Å². The zero-order valence-electron chi connectivity index (χ0n) is 15.8. The molecule has 156 valence electrons. The summed E-state index contributed by atoms with van der Waals surface area (Å²) in [5.74, 6) is -0.725. The van der Waals surface area contributed by atoms with Gasteiger partial charge in [0.2, 0.25) is 0 Å². The fraction of sp³-hybridized carbons (Fsp3) is 0.190. The number of rotatable bonds is 6. The third-order valence-electron chi connectivity index (χ3n) is 4.13. The second kappa shape index (κ2) is 8.89. The number of halogens is 4. The van der Waals surface area contributed by atoms with Crippen molar-refractivity contribution in [3.8, 4) is 11.4 Å². The van der Waals surface area contributed by atoms with Crippen LogP contribution in [0.1, 0.15) is 28.4 Å². The highest BCUT2D eigenvalue weighted by Crippen LogP contribution is 2.30. The van der Waals surface area contributed by atoms with Crippen LogP contribution in [-0.4, -0.2) is 22.5 Å². The largest absolute Gasteiger partial charge is 0.462 e. The molecule has 0 unspecified atom stereocenters. The average molecular weight is 419 g/mol. The first-order valence-corrected chi connectivity index (χ1v) is 8.98. The quantitative estimate of drug-likeness (QED) is 0.445. The van der Waals surface area contributed by atoms with Gasteiger partial charge in [0.25, 0.3) is 0 Å². The van der Waals surface area contributed by atoms with Gasteiger partial charge in [0, 0.05) is 18.3 Å². The van der Waals surface area contributed by atoms with Gasteiger partial charge in [0.05, 0.1) is 12.2 Å². The summed E-state index contributed by atoms with van der Waals surface area (Å²) in [4.78, 5) is 20.6. The normalized spacial score (nSPS) is 11.2. The molecule has 1 aromatic heterocycles. The van der Waals surface area contributed by atoms with E-state index in [1.807, 2.05) is 0 Å². The number of carbonyl (C=O) groups is 1. The van der Waals surface area contributed by atoms with Crippen LogP contribution in [0, 0.1) is 5.82 Å². The number of anilines is 1. The summed E-state index contributed by atoms with van der Waals surface area (Å²) in [7, 11) is 0. The van der Waals surface area contributed by atoms with Crippen LogP contribution < -0.4 is 5.32 Å². The van der Waals surface area contributed by atoms with Crippen molar-refractivity contribution in [2.75, 3.05) is 11.9 Å². The van der Waals surface area contributed by atoms with Gasteiger partial charge < -0.3 is 10.1 Å². The number of nitrogens with one attached hydrogen (secondary N) is 1. The molecule has 0 saturated heterocycles. The maximum absolute atomic E-state index is 13.1. The zero-order chi connectivity index (χ0) is 21.7. The van der Waals surface area contributed by atoms with Crippen LogP contribution in [0.4, 0.5) is 23.4 Å². The van der Waals surface area contributed by atoms with E-state index in [-0.39, 0.29) is 36.2 Å².